The minimum absolute atomic E-state index is 0.963. The van der Waals surface area contributed by atoms with Gasteiger partial charge in [-0.1, -0.05) is 23.2 Å². The van der Waals surface area contributed by atoms with Crippen LogP contribution < -0.4 is 0 Å². The van der Waals surface area contributed by atoms with Gasteiger partial charge in [-0.3, -0.25) is 0 Å². The summed E-state index contributed by atoms with van der Waals surface area (Å²) in [7, 11) is 0. The van der Waals surface area contributed by atoms with Crippen LogP contribution in [0.15, 0.2) is 21.9 Å². The Morgan fingerprint density at radius 1 is 0.667 bits per heavy atom. The SMILES string of the molecule is FC(F)=C(Cl)Cl.FC(F)=C(F)Cl. The molecule has 0 aromatic rings. The van der Waals surface area contributed by atoms with Crippen LogP contribution in [-0.4, -0.2) is 0 Å². The standard InChI is InChI=1S/C2Cl2F2.C2ClF3/c2*3-1(4)2(5)6. The molecule has 0 saturated heterocycles. The molecule has 72 valence electrons. The normalized spacial score (nSPS) is 8.00. The largest absolute Gasteiger partial charge is 0.317 e. The summed E-state index contributed by atoms with van der Waals surface area (Å²) in [5.74, 6) is 0. The molecule has 0 heterocycles. The summed E-state index contributed by atoms with van der Waals surface area (Å²) in [6.07, 6.45) is -4.52. The van der Waals surface area contributed by atoms with Crippen molar-refractivity contribution in [1.29, 1.82) is 0 Å². The van der Waals surface area contributed by atoms with Crippen molar-refractivity contribution in [2.45, 2.75) is 0 Å². The van der Waals surface area contributed by atoms with Gasteiger partial charge in [-0.2, -0.15) is 22.0 Å². The molecule has 0 radical (unpaired) electrons. The van der Waals surface area contributed by atoms with Crippen molar-refractivity contribution in [2.75, 3.05) is 0 Å². The van der Waals surface area contributed by atoms with Crippen LogP contribution in [0.4, 0.5) is 22.0 Å². The monoisotopic (exact) mass is 248 g/mol. The van der Waals surface area contributed by atoms with Crippen molar-refractivity contribution < 1.29 is 22.0 Å². The highest BCUT2D eigenvalue weighted by atomic mass is 35.5. The van der Waals surface area contributed by atoms with Crippen LogP contribution in [0, 0.1) is 0 Å². The maximum atomic E-state index is 10.8. The summed E-state index contributed by atoms with van der Waals surface area (Å²) in [6.45, 7) is 0. The van der Waals surface area contributed by atoms with Gasteiger partial charge in [-0.05, 0) is 11.6 Å². The number of halogens is 8. The van der Waals surface area contributed by atoms with Crippen LogP contribution in [0.25, 0.3) is 0 Å². The first-order valence-electron chi connectivity index (χ1n) is 2.01. The minimum Gasteiger partial charge on any atom is -0.188 e. The van der Waals surface area contributed by atoms with Crippen molar-refractivity contribution in [1.82, 2.24) is 0 Å². The van der Waals surface area contributed by atoms with Gasteiger partial charge in [-0.15, -0.1) is 0 Å². The first-order valence-corrected chi connectivity index (χ1v) is 3.15. The summed E-state index contributed by atoms with van der Waals surface area (Å²) >= 11 is 13.1. The van der Waals surface area contributed by atoms with Crippen molar-refractivity contribution >= 4 is 34.8 Å². The van der Waals surface area contributed by atoms with Gasteiger partial charge in [0.25, 0.3) is 11.4 Å². The summed E-state index contributed by atoms with van der Waals surface area (Å²) in [5, 5.41) is -1.94. The lowest BCUT2D eigenvalue weighted by Crippen LogP contribution is -1.54. The summed E-state index contributed by atoms with van der Waals surface area (Å²) in [6, 6.07) is 0. The molecule has 0 unspecified atom stereocenters. The molecule has 0 N–H and O–H groups in total. The smallest absolute Gasteiger partial charge is 0.188 e. The molecule has 0 aliphatic heterocycles. The highest BCUT2D eigenvalue weighted by molar-refractivity contribution is 6.56. The molecule has 0 aromatic heterocycles. The van der Waals surface area contributed by atoms with E-state index in [4.69, 9.17) is 0 Å². The average Bonchev–Trinajstić information content (AvgIpc) is 1.88. The third-order valence-corrected chi connectivity index (χ3v) is 0.714. The lowest BCUT2D eigenvalue weighted by Gasteiger charge is -1.72. The molecule has 0 aliphatic rings. The predicted molar refractivity (Wildman–Crippen MR) is 37.2 cm³/mol. The second-order valence-electron chi connectivity index (χ2n) is 1.04. The van der Waals surface area contributed by atoms with E-state index in [0.717, 1.165) is 0 Å². The molecule has 0 aliphatic carbocycles. The van der Waals surface area contributed by atoms with Crippen molar-refractivity contribution in [3.63, 3.8) is 0 Å². The van der Waals surface area contributed by atoms with E-state index < -0.39 is 21.9 Å². The fourth-order valence-electron chi connectivity index (χ4n) is 0. The van der Waals surface area contributed by atoms with Crippen LogP contribution >= 0.6 is 34.8 Å². The maximum Gasteiger partial charge on any atom is 0.317 e. The van der Waals surface area contributed by atoms with Crippen LogP contribution in [0.2, 0.25) is 0 Å². The van der Waals surface area contributed by atoms with Crippen LogP contribution in [0.5, 0.6) is 0 Å². The summed E-state index contributed by atoms with van der Waals surface area (Å²) in [4.78, 5) is 0. The molecule has 8 heteroatoms. The minimum atomic E-state index is -2.48. The molecular formula is C4Cl3F5. The Hall–Kier alpha value is -0.000000000000000111. The molecule has 0 amide bonds. The second kappa shape index (κ2) is 7.64. The van der Waals surface area contributed by atoms with Gasteiger partial charge in [0.05, 0.1) is 0 Å². The zero-order valence-corrected chi connectivity index (χ0v) is 7.29. The van der Waals surface area contributed by atoms with Crippen LogP contribution in [-0.2, 0) is 0 Å². The molecule has 0 nitrogen and oxygen atoms in total. The Morgan fingerprint density at radius 2 is 0.833 bits per heavy atom. The Kier molecular flexibility index (Phi) is 9.24. The molecule has 0 rings (SSSR count). The van der Waals surface area contributed by atoms with E-state index in [9.17, 15) is 22.0 Å². The lowest BCUT2D eigenvalue weighted by molar-refractivity contribution is 0.393. The molecule has 0 atom stereocenters. The Balaban J connectivity index is 0. The molecule has 0 spiro atoms. The first kappa shape index (κ1) is 14.5. The van der Waals surface area contributed by atoms with Crippen molar-refractivity contribution in [3.05, 3.63) is 21.9 Å². The second-order valence-corrected chi connectivity index (χ2v) is 2.32. The van der Waals surface area contributed by atoms with Gasteiger partial charge in [0.2, 0.25) is 0 Å². The fraction of sp³-hybridized carbons (Fsp3) is 0. The first-order chi connectivity index (χ1) is 5.29. The quantitative estimate of drug-likeness (QED) is 0.541. The van der Waals surface area contributed by atoms with E-state index in [1.54, 1.807) is 0 Å². The van der Waals surface area contributed by atoms with Crippen LogP contribution in [0.1, 0.15) is 0 Å². The lowest BCUT2D eigenvalue weighted by atomic mass is 11.1. The van der Waals surface area contributed by atoms with Gasteiger partial charge >= 0.3 is 6.08 Å². The molecular weight excluding hydrogens is 249 g/mol. The maximum absolute atomic E-state index is 10.8. The fourth-order valence-corrected chi connectivity index (χ4v) is 0. The van der Waals surface area contributed by atoms with Crippen LogP contribution in [0.3, 0.4) is 0 Å². The van der Waals surface area contributed by atoms with E-state index in [1.807, 2.05) is 0 Å². The number of hydrogen-bond acceptors (Lipinski definition) is 0. The van der Waals surface area contributed by atoms with Gasteiger partial charge in [0.15, 0.2) is 4.49 Å². The molecule has 0 bridgehead atoms. The Morgan fingerprint density at radius 3 is 0.833 bits per heavy atom. The van der Waals surface area contributed by atoms with E-state index >= 15 is 0 Å². The number of hydrogen-bond donors (Lipinski definition) is 0. The van der Waals surface area contributed by atoms with E-state index in [0.29, 0.717) is 0 Å². The highest BCUT2D eigenvalue weighted by Gasteiger charge is 1.95. The third-order valence-electron chi connectivity index (χ3n) is 0.286. The number of rotatable bonds is 0. The van der Waals surface area contributed by atoms with Crippen molar-refractivity contribution in [2.24, 2.45) is 0 Å². The summed E-state index contributed by atoms with van der Waals surface area (Å²) in [5.41, 5.74) is 0. The van der Waals surface area contributed by atoms with Gasteiger partial charge in [0, 0.05) is 0 Å². The van der Waals surface area contributed by atoms with E-state index in [-0.39, 0.29) is 0 Å². The average molecular weight is 249 g/mol. The van der Waals surface area contributed by atoms with Crippen molar-refractivity contribution in [3.8, 4) is 0 Å². The van der Waals surface area contributed by atoms with Gasteiger partial charge in [-0.25, -0.2) is 0 Å². The predicted octanol–water partition coefficient (Wildman–Crippen LogP) is 4.79. The van der Waals surface area contributed by atoms with E-state index in [1.165, 1.54) is 0 Å². The topological polar surface area (TPSA) is 0 Å². The van der Waals surface area contributed by atoms with Gasteiger partial charge in [0.1, 0.15) is 0 Å². The Labute approximate surface area is 79.2 Å². The van der Waals surface area contributed by atoms with E-state index in [2.05, 4.69) is 34.8 Å². The molecule has 0 aromatic carbocycles. The zero-order chi connectivity index (χ0) is 10.3. The molecule has 12 heavy (non-hydrogen) atoms. The Bertz CT molecular complexity index is 141. The molecule has 0 saturated carbocycles. The summed E-state index contributed by atoms with van der Waals surface area (Å²) < 4.78 is 52.4. The third kappa shape index (κ3) is 12.7. The molecule has 0 fully saturated rings. The zero-order valence-electron chi connectivity index (χ0n) is 5.02. The highest BCUT2D eigenvalue weighted by Crippen LogP contribution is 2.14. The van der Waals surface area contributed by atoms with Gasteiger partial charge < -0.3 is 0 Å².